The van der Waals surface area contributed by atoms with E-state index < -0.39 is 18.2 Å². The van der Waals surface area contributed by atoms with Crippen LogP contribution >= 0.6 is 0 Å². The summed E-state index contributed by atoms with van der Waals surface area (Å²) in [5.74, 6) is -0.766. The molecule has 0 spiro atoms. The lowest BCUT2D eigenvalue weighted by Crippen LogP contribution is -2.37. The number of para-hydroxylation sites is 2. The highest BCUT2D eigenvalue weighted by molar-refractivity contribution is 6.03. The molecule has 0 bridgehead atoms. The summed E-state index contributed by atoms with van der Waals surface area (Å²) in [6.07, 6.45) is -2.86. The van der Waals surface area contributed by atoms with Crippen molar-refractivity contribution in [2.45, 2.75) is 6.43 Å². The van der Waals surface area contributed by atoms with E-state index in [2.05, 4.69) is 25.3 Å². The van der Waals surface area contributed by atoms with Crippen LogP contribution < -0.4 is 10.2 Å². The normalized spacial score (nSPS) is 14.1. The molecule has 0 unspecified atom stereocenters. The third kappa shape index (κ3) is 4.22. The molecule has 3 heterocycles. The van der Waals surface area contributed by atoms with Crippen LogP contribution in [0.1, 0.15) is 22.6 Å². The molecule has 9 nitrogen and oxygen atoms in total. The Morgan fingerprint density at radius 1 is 0.909 bits per heavy atom. The van der Waals surface area contributed by atoms with E-state index in [1.54, 1.807) is 54.6 Å². The molecule has 1 N–H and O–H groups in total. The van der Waals surface area contributed by atoms with Crippen LogP contribution in [0.3, 0.4) is 0 Å². The Bertz CT molecular complexity index is 1290. The van der Waals surface area contributed by atoms with E-state index in [9.17, 15) is 13.6 Å². The van der Waals surface area contributed by atoms with E-state index in [-0.39, 0.29) is 17.8 Å². The largest absolute Gasteiger partial charge is 0.378 e. The van der Waals surface area contributed by atoms with Gasteiger partial charge in [0.05, 0.1) is 24.2 Å². The van der Waals surface area contributed by atoms with Gasteiger partial charge < -0.3 is 9.64 Å². The predicted molar refractivity (Wildman–Crippen MR) is 117 cm³/mol. The summed E-state index contributed by atoms with van der Waals surface area (Å²) in [7, 11) is 0. The fraction of sp³-hybridized carbons (Fsp3) is 0.227. The smallest absolute Gasteiger partial charge is 0.296 e. The molecule has 5 rings (SSSR count). The van der Waals surface area contributed by atoms with Crippen LogP contribution in [-0.2, 0) is 4.74 Å². The Labute approximate surface area is 187 Å². The third-order valence-corrected chi connectivity index (χ3v) is 5.15. The Morgan fingerprint density at radius 3 is 2.36 bits per heavy atom. The number of fused-ring (bicyclic) bond motifs is 1. The number of benzene rings is 2. The van der Waals surface area contributed by atoms with E-state index >= 15 is 0 Å². The first-order valence-electron chi connectivity index (χ1n) is 10.3. The molecule has 0 aliphatic carbocycles. The number of ether oxygens (including phenoxy) is 1. The molecule has 2 aromatic carbocycles. The number of carbonyl (C=O) groups is 1. The average molecular weight is 451 g/mol. The van der Waals surface area contributed by atoms with E-state index in [1.807, 2.05) is 4.90 Å². The summed E-state index contributed by atoms with van der Waals surface area (Å²) in [5.41, 5.74) is 1.22. The summed E-state index contributed by atoms with van der Waals surface area (Å²) in [5, 5.41) is 2.66. The Hall–Kier alpha value is -3.99. The van der Waals surface area contributed by atoms with Crippen molar-refractivity contribution in [3.63, 3.8) is 0 Å². The maximum atomic E-state index is 13.9. The van der Waals surface area contributed by atoms with E-state index in [0.717, 1.165) is 0 Å². The number of imidazole rings is 1. The molecular formula is C22H19F2N7O2. The molecule has 0 saturated carbocycles. The molecule has 1 aliphatic rings. The molecule has 1 saturated heterocycles. The van der Waals surface area contributed by atoms with Gasteiger partial charge in [-0.25, -0.2) is 13.8 Å². The Morgan fingerprint density at radius 2 is 1.61 bits per heavy atom. The van der Waals surface area contributed by atoms with Gasteiger partial charge in [-0.1, -0.05) is 30.3 Å². The van der Waals surface area contributed by atoms with Crippen molar-refractivity contribution in [2.24, 2.45) is 0 Å². The minimum Gasteiger partial charge on any atom is -0.378 e. The SMILES string of the molecule is O=C(Nc1nc(N2CCOCC2)nc(-n2c(C(F)F)nc3ccccc32)n1)c1ccccc1. The van der Waals surface area contributed by atoms with Crippen molar-refractivity contribution in [1.82, 2.24) is 24.5 Å². The van der Waals surface area contributed by atoms with Gasteiger partial charge in [0.2, 0.25) is 17.8 Å². The second kappa shape index (κ2) is 8.87. The minimum atomic E-state index is -2.86. The number of halogens is 2. The number of nitrogens with one attached hydrogen (secondary N) is 1. The number of carbonyl (C=O) groups excluding carboxylic acids is 1. The average Bonchev–Trinajstić information content (AvgIpc) is 3.25. The zero-order valence-electron chi connectivity index (χ0n) is 17.4. The molecule has 1 amide bonds. The van der Waals surface area contributed by atoms with Crippen LogP contribution in [0.2, 0.25) is 0 Å². The van der Waals surface area contributed by atoms with E-state index in [0.29, 0.717) is 42.9 Å². The van der Waals surface area contributed by atoms with Crippen molar-refractivity contribution in [3.05, 3.63) is 66.0 Å². The molecule has 1 aliphatic heterocycles. The fourth-order valence-corrected chi connectivity index (χ4v) is 3.58. The van der Waals surface area contributed by atoms with Crippen LogP contribution in [0.15, 0.2) is 54.6 Å². The lowest BCUT2D eigenvalue weighted by Gasteiger charge is -2.27. The number of nitrogens with zero attached hydrogens (tertiary/aromatic N) is 6. The van der Waals surface area contributed by atoms with Gasteiger partial charge in [-0.3, -0.25) is 14.7 Å². The summed E-state index contributed by atoms with van der Waals surface area (Å²) >= 11 is 0. The maximum Gasteiger partial charge on any atom is 0.296 e. The van der Waals surface area contributed by atoms with Gasteiger partial charge in [0.1, 0.15) is 0 Å². The van der Waals surface area contributed by atoms with Crippen LogP contribution in [0.25, 0.3) is 17.0 Å². The lowest BCUT2D eigenvalue weighted by molar-refractivity contribution is 0.102. The van der Waals surface area contributed by atoms with Crippen molar-refractivity contribution >= 4 is 28.8 Å². The molecule has 0 atom stereocenters. The van der Waals surface area contributed by atoms with Crippen molar-refractivity contribution in [1.29, 1.82) is 0 Å². The van der Waals surface area contributed by atoms with E-state index in [1.165, 1.54) is 4.57 Å². The summed E-state index contributed by atoms with van der Waals surface area (Å²) in [4.78, 5) is 31.8. The number of morpholine rings is 1. The fourth-order valence-electron chi connectivity index (χ4n) is 3.58. The molecule has 168 valence electrons. The lowest BCUT2D eigenvalue weighted by atomic mass is 10.2. The number of alkyl halides is 2. The molecule has 33 heavy (non-hydrogen) atoms. The van der Waals surface area contributed by atoms with Gasteiger partial charge in [0, 0.05) is 18.7 Å². The molecule has 2 aromatic heterocycles. The number of anilines is 2. The van der Waals surface area contributed by atoms with Gasteiger partial charge in [0.15, 0.2) is 5.82 Å². The second-order valence-electron chi connectivity index (χ2n) is 7.27. The molecule has 4 aromatic rings. The quantitative estimate of drug-likeness (QED) is 0.497. The zero-order valence-corrected chi connectivity index (χ0v) is 17.4. The van der Waals surface area contributed by atoms with Gasteiger partial charge >= 0.3 is 0 Å². The number of hydrogen-bond donors (Lipinski definition) is 1. The molecule has 0 radical (unpaired) electrons. The topological polar surface area (TPSA) is 98.1 Å². The van der Waals surface area contributed by atoms with Crippen LogP contribution in [-0.4, -0.2) is 56.7 Å². The Balaban J connectivity index is 1.63. The standard InChI is InChI=1S/C22H19F2N7O2/c23-17(24)18-25-15-8-4-5-9-16(15)31(18)22-28-20(26-19(32)14-6-2-1-3-7-14)27-21(29-22)30-10-12-33-13-11-30/h1-9,17H,10-13H2,(H,26,27,28,29,32). The Kier molecular flexibility index (Phi) is 5.61. The third-order valence-electron chi connectivity index (χ3n) is 5.15. The highest BCUT2D eigenvalue weighted by Gasteiger charge is 2.24. The van der Waals surface area contributed by atoms with Crippen LogP contribution in [0.5, 0.6) is 0 Å². The van der Waals surface area contributed by atoms with Gasteiger partial charge in [0.25, 0.3) is 12.3 Å². The number of aromatic nitrogens is 5. The summed E-state index contributed by atoms with van der Waals surface area (Å²) < 4.78 is 34.4. The van der Waals surface area contributed by atoms with Crippen LogP contribution in [0.4, 0.5) is 20.7 Å². The minimum absolute atomic E-state index is 0.0478. The van der Waals surface area contributed by atoms with Gasteiger partial charge in [-0.2, -0.15) is 15.0 Å². The number of rotatable bonds is 5. The highest BCUT2D eigenvalue weighted by atomic mass is 19.3. The molecule has 11 heteroatoms. The number of hydrogen-bond acceptors (Lipinski definition) is 7. The summed E-state index contributed by atoms with van der Waals surface area (Å²) in [6, 6.07) is 15.3. The number of amides is 1. The van der Waals surface area contributed by atoms with Crippen molar-refractivity contribution in [2.75, 3.05) is 36.5 Å². The monoisotopic (exact) mass is 451 g/mol. The molecule has 1 fully saturated rings. The second-order valence-corrected chi connectivity index (χ2v) is 7.27. The first-order valence-corrected chi connectivity index (χ1v) is 10.3. The van der Waals surface area contributed by atoms with E-state index in [4.69, 9.17) is 4.74 Å². The van der Waals surface area contributed by atoms with Crippen molar-refractivity contribution in [3.8, 4) is 5.95 Å². The van der Waals surface area contributed by atoms with Crippen molar-refractivity contribution < 1.29 is 18.3 Å². The molecular weight excluding hydrogens is 432 g/mol. The first kappa shape index (κ1) is 20.9. The maximum absolute atomic E-state index is 13.9. The van der Waals surface area contributed by atoms with Gasteiger partial charge in [-0.15, -0.1) is 0 Å². The highest BCUT2D eigenvalue weighted by Crippen LogP contribution is 2.27. The zero-order chi connectivity index (χ0) is 22.8. The predicted octanol–water partition coefficient (Wildman–Crippen LogP) is 3.24. The first-order chi connectivity index (χ1) is 16.1. The van der Waals surface area contributed by atoms with Crippen LogP contribution in [0, 0.1) is 0 Å². The summed E-state index contributed by atoms with van der Waals surface area (Å²) in [6.45, 7) is 1.98. The van der Waals surface area contributed by atoms with Gasteiger partial charge in [-0.05, 0) is 24.3 Å².